The summed E-state index contributed by atoms with van der Waals surface area (Å²) in [4.78, 5) is 88.7. The topological polar surface area (TPSA) is 297 Å². The number of imidazole rings is 1. The van der Waals surface area contributed by atoms with Crippen LogP contribution < -0.4 is 27.4 Å². The van der Waals surface area contributed by atoms with Gasteiger partial charge in [0, 0.05) is 24.7 Å². The second-order valence-corrected chi connectivity index (χ2v) is 7.61. The van der Waals surface area contributed by atoms with Crippen LogP contribution >= 0.6 is 0 Å². The quantitative estimate of drug-likeness (QED) is 0.102. The molecule has 1 rings (SSSR count). The van der Waals surface area contributed by atoms with Gasteiger partial charge in [-0.2, -0.15) is 0 Å². The molecule has 0 aliphatic rings. The smallest absolute Gasteiger partial charge is 0.326 e. The van der Waals surface area contributed by atoms with E-state index in [9.17, 15) is 38.7 Å². The van der Waals surface area contributed by atoms with Crippen LogP contribution in [0.4, 0.5) is 0 Å². The molecule has 4 atom stereocenters. The molecule has 0 radical (unpaired) electrons. The number of aliphatic carboxylic acids is 3. The molecule has 0 aliphatic heterocycles. The van der Waals surface area contributed by atoms with Gasteiger partial charge >= 0.3 is 17.9 Å². The van der Waals surface area contributed by atoms with Crippen LogP contribution in [0.15, 0.2) is 12.5 Å². The Labute approximate surface area is 203 Å². The van der Waals surface area contributed by atoms with E-state index < -0.39 is 91.4 Å². The van der Waals surface area contributed by atoms with Gasteiger partial charge in [-0.15, -0.1) is 0 Å². The fourth-order valence-electron chi connectivity index (χ4n) is 2.87. The second-order valence-electron chi connectivity index (χ2n) is 7.61. The van der Waals surface area contributed by atoms with Crippen molar-refractivity contribution in [1.29, 1.82) is 0 Å². The molecule has 4 unspecified atom stereocenters. The van der Waals surface area contributed by atoms with Crippen molar-refractivity contribution in [3.63, 3.8) is 0 Å². The summed E-state index contributed by atoms with van der Waals surface area (Å²) in [6, 6.07) is -6.26. The van der Waals surface area contributed by atoms with Crippen molar-refractivity contribution in [3.8, 4) is 0 Å². The maximum absolute atomic E-state index is 12.8. The lowest BCUT2D eigenvalue weighted by atomic mass is 10.1. The van der Waals surface area contributed by atoms with Gasteiger partial charge in [0.05, 0.1) is 25.2 Å². The lowest BCUT2D eigenvalue weighted by molar-refractivity contribution is -0.143. The summed E-state index contributed by atoms with van der Waals surface area (Å²) in [6.45, 7) is 0. The average Bonchev–Trinajstić information content (AvgIpc) is 3.27. The maximum Gasteiger partial charge on any atom is 0.326 e. The molecular formula is C19H27N7O10. The third-order valence-electron chi connectivity index (χ3n) is 4.64. The van der Waals surface area contributed by atoms with Crippen LogP contribution in [0.25, 0.3) is 0 Å². The lowest BCUT2D eigenvalue weighted by Gasteiger charge is -2.24. The standard InChI is InChI=1S/C19H27N7O10/c20-9(4-15(30)31)16(32)25-12(5-13(21)27)18(34)26-11(3-8-6-22-7-23-8)17(33)24-10(19(35)36)1-2-14(28)29/h6-7,9-12H,1-5,20H2,(H2,21,27)(H,22,23)(H,24,33)(H,25,32)(H,26,34)(H,28,29)(H,30,31)(H,35,36). The first-order valence-electron chi connectivity index (χ1n) is 10.4. The number of nitrogens with zero attached hydrogens (tertiary/aromatic N) is 1. The molecular weight excluding hydrogens is 486 g/mol. The molecule has 0 bridgehead atoms. The maximum atomic E-state index is 12.8. The molecule has 0 fully saturated rings. The zero-order chi connectivity index (χ0) is 27.4. The van der Waals surface area contributed by atoms with Crippen molar-refractivity contribution in [2.24, 2.45) is 11.5 Å². The number of carbonyl (C=O) groups is 7. The summed E-state index contributed by atoms with van der Waals surface area (Å²) in [5.41, 5.74) is 10.9. The van der Waals surface area contributed by atoms with Gasteiger partial charge in [-0.25, -0.2) is 9.78 Å². The summed E-state index contributed by atoms with van der Waals surface area (Å²) in [6.07, 6.45) is -0.140. The normalized spacial score (nSPS) is 13.9. The number of hydrogen-bond acceptors (Lipinski definition) is 9. The number of hydrogen-bond donors (Lipinski definition) is 9. The monoisotopic (exact) mass is 513 g/mol. The Morgan fingerprint density at radius 1 is 0.861 bits per heavy atom. The molecule has 1 heterocycles. The van der Waals surface area contributed by atoms with E-state index in [1.54, 1.807) is 0 Å². The third kappa shape index (κ3) is 10.6. The van der Waals surface area contributed by atoms with Gasteiger partial charge in [0.15, 0.2) is 0 Å². The van der Waals surface area contributed by atoms with Gasteiger partial charge < -0.3 is 47.7 Å². The number of primary amides is 1. The number of nitrogens with one attached hydrogen (secondary N) is 4. The molecule has 0 spiro atoms. The van der Waals surface area contributed by atoms with Crippen LogP contribution in [0.1, 0.15) is 31.4 Å². The average molecular weight is 513 g/mol. The highest BCUT2D eigenvalue weighted by atomic mass is 16.4. The molecule has 0 saturated carbocycles. The number of rotatable bonds is 16. The zero-order valence-corrected chi connectivity index (χ0v) is 18.8. The molecule has 17 nitrogen and oxygen atoms in total. The van der Waals surface area contributed by atoms with E-state index in [1.807, 2.05) is 0 Å². The van der Waals surface area contributed by atoms with Crippen molar-refractivity contribution in [2.75, 3.05) is 0 Å². The molecule has 11 N–H and O–H groups in total. The molecule has 0 aliphatic carbocycles. The fraction of sp³-hybridized carbons (Fsp3) is 0.474. The van der Waals surface area contributed by atoms with E-state index >= 15 is 0 Å². The van der Waals surface area contributed by atoms with E-state index in [-0.39, 0.29) is 6.42 Å². The van der Waals surface area contributed by atoms with E-state index in [4.69, 9.17) is 21.7 Å². The van der Waals surface area contributed by atoms with Gasteiger partial charge in [-0.1, -0.05) is 0 Å². The third-order valence-corrected chi connectivity index (χ3v) is 4.64. The van der Waals surface area contributed by atoms with E-state index in [0.29, 0.717) is 5.69 Å². The van der Waals surface area contributed by atoms with Crippen LogP contribution in [0.5, 0.6) is 0 Å². The van der Waals surface area contributed by atoms with Crippen molar-refractivity contribution in [2.45, 2.75) is 56.3 Å². The van der Waals surface area contributed by atoms with Crippen LogP contribution in [-0.2, 0) is 40.0 Å². The summed E-state index contributed by atoms with van der Waals surface area (Å²) in [5, 5.41) is 33.3. The Bertz CT molecular complexity index is 981. The number of H-pyrrole nitrogens is 1. The molecule has 1 aromatic heterocycles. The van der Waals surface area contributed by atoms with Crippen LogP contribution in [0.2, 0.25) is 0 Å². The SMILES string of the molecule is NC(=O)CC(NC(=O)C(N)CC(=O)O)C(=O)NC(Cc1cnc[nH]1)C(=O)NC(CCC(=O)O)C(=O)O. The Hall–Kier alpha value is -4.54. The molecule has 36 heavy (non-hydrogen) atoms. The van der Waals surface area contributed by atoms with Gasteiger partial charge in [0.2, 0.25) is 23.6 Å². The number of carboxylic acids is 3. The van der Waals surface area contributed by atoms with E-state index in [1.165, 1.54) is 12.5 Å². The summed E-state index contributed by atoms with van der Waals surface area (Å²) in [5.74, 6) is -8.37. The predicted molar refractivity (Wildman–Crippen MR) is 117 cm³/mol. The molecule has 0 aromatic carbocycles. The number of aromatic amines is 1. The van der Waals surface area contributed by atoms with Crippen LogP contribution in [0, 0.1) is 0 Å². The number of amides is 4. The first-order chi connectivity index (χ1) is 16.8. The zero-order valence-electron chi connectivity index (χ0n) is 18.8. The minimum Gasteiger partial charge on any atom is -0.481 e. The number of aromatic nitrogens is 2. The first-order valence-corrected chi connectivity index (χ1v) is 10.4. The van der Waals surface area contributed by atoms with Crippen molar-refractivity contribution >= 4 is 41.5 Å². The number of nitrogens with two attached hydrogens (primary N) is 2. The Morgan fingerprint density at radius 2 is 1.44 bits per heavy atom. The highest BCUT2D eigenvalue weighted by molar-refractivity contribution is 5.96. The first kappa shape index (κ1) is 29.5. The Morgan fingerprint density at radius 3 is 1.94 bits per heavy atom. The summed E-state index contributed by atoms with van der Waals surface area (Å²) < 4.78 is 0. The van der Waals surface area contributed by atoms with Crippen molar-refractivity contribution in [3.05, 3.63) is 18.2 Å². The minimum atomic E-state index is -1.64. The Balaban J connectivity index is 3.08. The van der Waals surface area contributed by atoms with Gasteiger partial charge in [0.1, 0.15) is 18.1 Å². The molecule has 4 amide bonds. The van der Waals surface area contributed by atoms with Crippen molar-refractivity contribution < 1.29 is 48.9 Å². The van der Waals surface area contributed by atoms with Gasteiger partial charge in [-0.3, -0.25) is 28.8 Å². The molecule has 1 aromatic rings. The second kappa shape index (κ2) is 14.0. The summed E-state index contributed by atoms with van der Waals surface area (Å²) in [7, 11) is 0. The Kier molecular flexibility index (Phi) is 11.5. The van der Waals surface area contributed by atoms with Crippen LogP contribution in [-0.4, -0.2) is 91.0 Å². The highest BCUT2D eigenvalue weighted by Crippen LogP contribution is 2.05. The van der Waals surface area contributed by atoms with Crippen LogP contribution in [0.3, 0.4) is 0 Å². The lowest BCUT2D eigenvalue weighted by Crippen LogP contribution is -2.58. The fourth-order valence-corrected chi connectivity index (χ4v) is 2.87. The largest absolute Gasteiger partial charge is 0.481 e. The van der Waals surface area contributed by atoms with E-state index in [0.717, 1.165) is 0 Å². The predicted octanol–water partition coefficient (Wildman–Crippen LogP) is -3.97. The molecule has 198 valence electrons. The van der Waals surface area contributed by atoms with Crippen molar-refractivity contribution in [1.82, 2.24) is 25.9 Å². The summed E-state index contributed by atoms with van der Waals surface area (Å²) >= 11 is 0. The molecule has 0 saturated heterocycles. The van der Waals surface area contributed by atoms with Gasteiger partial charge in [0.25, 0.3) is 0 Å². The number of carbonyl (C=O) groups excluding carboxylic acids is 4. The van der Waals surface area contributed by atoms with Gasteiger partial charge in [-0.05, 0) is 6.42 Å². The number of carboxylic acid groups (broad SMARTS) is 3. The highest BCUT2D eigenvalue weighted by Gasteiger charge is 2.32. The minimum absolute atomic E-state index is 0.237. The molecule has 17 heteroatoms. The van der Waals surface area contributed by atoms with E-state index in [2.05, 4.69) is 25.9 Å².